The van der Waals surface area contributed by atoms with Crippen molar-refractivity contribution in [1.82, 2.24) is 19.9 Å². The van der Waals surface area contributed by atoms with Gasteiger partial charge in [0.25, 0.3) is 15.6 Å². The summed E-state index contributed by atoms with van der Waals surface area (Å²) >= 11 is 4.66. The van der Waals surface area contributed by atoms with Crippen molar-refractivity contribution in [1.29, 1.82) is 0 Å². The normalized spacial score (nSPS) is 15.9. The van der Waals surface area contributed by atoms with Gasteiger partial charge in [0.05, 0.1) is 24.8 Å². The van der Waals surface area contributed by atoms with Gasteiger partial charge in [-0.1, -0.05) is 65.2 Å². The van der Waals surface area contributed by atoms with E-state index in [0.717, 1.165) is 107 Å². The van der Waals surface area contributed by atoms with Crippen LogP contribution in [0.2, 0.25) is 0 Å². The van der Waals surface area contributed by atoms with E-state index in [1.54, 1.807) is 29.7 Å². The maximum atomic E-state index is 13.4. The summed E-state index contributed by atoms with van der Waals surface area (Å²) in [5.74, 6) is 0.866. The van der Waals surface area contributed by atoms with E-state index in [-0.39, 0.29) is 44.0 Å². The van der Waals surface area contributed by atoms with Crippen molar-refractivity contribution in [3.63, 3.8) is 0 Å². The van der Waals surface area contributed by atoms with Crippen molar-refractivity contribution < 1.29 is 62.5 Å². The average molecular weight is 1110 g/mol. The molecule has 392 valence electrons. The highest BCUT2D eigenvalue weighted by Gasteiger charge is 2.26. The quantitative estimate of drug-likeness (QED) is 0.0977. The van der Waals surface area contributed by atoms with Crippen LogP contribution in [0.5, 0.6) is 50.1 Å². The summed E-state index contributed by atoms with van der Waals surface area (Å²) in [6, 6.07) is 28.7. The van der Waals surface area contributed by atoms with Crippen molar-refractivity contribution in [2.45, 2.75) is 70.2 Å². The molecular formula is C56H45FN4O12S4. The number of nitrogens with zero attached hydrogens (tertiary/aromatic N) is 4. The molecule has 0 aliphatic carbocycles. The fourth-order valence-electron chi connectivity index (χ4n) is 8.72. The number of aromatic nitrogens is 4. The molecule has 0 radical (unpaired) electrons. The maximum Gasteiger partial charge on any atom is 0.347 e. The summed E-state index contributed by atoms with van der Waals surface area (Å²) in [6.45, 7) is 2.16. The van der Waals surface area contributed by atoms with Gasteiger partial charge in [-0.25, -0.2) is 33.7 Å². The number of benzene rings is 4. The van der Waals surface area contributed by atoms with Gasteiger partial charge in [-0.05, 0) is 150 Å². The maximum absolute atomic E-state index is 13.4. The van der Waals surface area contributed by atoms with E-state index in [9.17, 15) is 18.8 Å². The van der Waals surface area contributed by atoms with Crippen LogP contribution in [0.25, 0.3) is 0 Å². The Morgan fingerprint density at radius 2 is 1.03 bits per heavy atom. The number of thiazole rings is 3. The Balaban J connectivity index is 0.000000131. The Kier molecular flexibility index (Phi) is 16.1. The number of hydrogen-bond donors (Lipinski definition) is 3. The van der Waals surface area contributed by atoms with Gasteiger partial charge in [0.1, 0.15) is 73.3 Å². The molecule has 16 nitrogen and oxygen atoms in total. The molecule has 3 aliphatic rings. The molecule has 0 saturated carbocycles. The predicted octanol–water partition coefficient (Wildman–Crippen LogP) is 14.3. The minimum absolute atomic E-state index is 0.0671. The number of pyridine rings is 1. The Labute approximate surface area is 455 Å². The summed E-state index contributed by atoms with van der Waals surface area (Å²) in [4.78, 5) is 49.0. The third kappa shape index (κ3) is 12.9. The molecule has 3 atom stereocenters. The van der Waals surface area contributed by atoms with Gasteiger partial charge >= 0.3 is 17.9 Å². The van der Waals surface area contributed by atoms with Gasteiger partial charge < -0.3 is 43.7 Å². The monoisotopic (exact) mass is 1110 g/mol. The minimum atomic E-state index is -1.03. The molecule has 77 heavy (non-hydrogen) atoms. The number of carboxylic acids is 3. The number of hydrogen-bond acceptors (Lipinski definition) is 17. The van der Waals surface area contributed by atoms with E-state index in [0.29, 0.717) is 45.4 Å². The van der Waals surface area contributed by atoms with Crippen LogP contribution in [-0.2, 0) is 25.7 Å². The summed E-state index contributed by atoms with van der Waals surface area (Å²) in [5.41, 5.74) is 7.66. The second kappa shape index (κ2) is 23.8. The number of thiophene rings is 1. The minimum Gasteiger partial charge on any atom is -0.485 e. The first kappa shape index (κ1) is 52.2. The zero-order chi connectivity index (χ0) is 53.4. The fourth-order valence-corrected chi connectivity index (χ4v) is 11.3. The standard InChI is InChI=1S/C21H19NO4S.C18H13FN2O4S.C17H13NO4S2/c1-2-13-5-3-4-6-16(13)18-9-7-14-11-15(8-10-17(14)26-18)25-21-22-12-19(27-21)20(23)24;19-12-5-11(7-20-8-12)15-3-1-10-6-13(2-4-14(10)25-15)24-18-21-9-16(26-18)17(22)23;19-16(20)15-8-18-17(24-15)21-12-2-4-13-10(7-12)1-3-14(22-13)11-5-6-23-9-11/h3-6,8,10-12,18H,2,7,9H2,1H3,(H,23,24);2,4-9,15H,1,3H2,(H,22,23);2,4-9,14H,1,3H2,(H,19,20). The van der Waals surface area contributed by atoms with E-state index in [1.807, 2.05) is 42.5 Å². The largest absolute Gasteiger partial charge is 0.485 e. The molecule has 0 amide bonds. The first-order valence-corrected chi connectivity index (χ1v) is 27.5. The third-order valence-electron chi connectivity index (χ3n) is 12.4. The highest BCUT2D eigenvalue weighted by Crippen LogP contribution is 2.42. The van der Waals surface area contributed by atoms with Crippen molar-refractivity contribution >= 4 is 63.3 Å². The SMILES string of the molecule is CCc1ccccc1C1CCc2cc(Oc3ncc(C(=O)O)s3)ccc2O1.O=C(O)c1cnc(Oc2ccc3c(c2)CCC(c2ccsc2)O3)s1.O=C(O)c1cnc(Oc2ccc3c(c2)CCC(c2cncc(F)c2)O3)s1. The van der Waals surface area contributed by atoms with E-state index in [2.05, 4.69) is 68.0 Å². The summed E-state index contributed by atoms with van der Waals surface area (Å²) in [7, 11) is 0. The van der Waals surface area contributed by atoms with Gasteiger partial charge in [-0.2, -0.15) is 11.3 Å². The fraction of sp³-hybridized carbons (Fsp3) is 0.196. The molecule has 3 aliphatic heterocycles. The first-order chi connectivity index (χ1) is 37.4. The number of halogens is 1. The van der Waals surface area contributed by atoms with E-state index in [1.165, 1.54) is 41.3 Å². The second-order valence-corrected chi connectivity index (χ2v) is 21.2. The number of fused-ring (bicyclic) bond motifs is 3. The third-order valence-corrected chi connectivity index (χ3v) is 15.7. The van der Waals surface area contributed by atoms with Crippen LogP contribution in [-0.4, -0.2) is 53.2 Å². The van der Waals surface area contributed by atoms with Gasteiger partial charge in [-0.15, -0.1) is 0 Å². The van der Waals surface area contributed by atoms with Gasteiger partial charge in [0, 0.05) is 17.3 Å². The number of aromatic carboxylic acids is 3. The first-order valence-electron chi connectivity index (χ1n) is 24.1. The summed E-state index contributed by atoms with van der Waals surface area (Å²) < 4.78 is 48.7. The smallest absolute Gasteiger partial charge is 0.347 e. The number of carbonyl (C=O) groups is 3. The molecule has 0 saturated heterocycles. The predicted molar refractivity (Wildman–Crippen MR) is 286 cm³/mol. The molecule has 0 spiro atoms. The van der Waals surface area contributed by atoms with E-state index in [4.69, 9.17) is 43.7 Å². The Bertz CT molecular complexity index is 3560. The van der Waals surface area contributed by atoms with Crippen molar-refractivity contribution in [2.75, 3.05) is 0 Å². The van der Waals surface area contributed by atoms with Crippen LogP contribution in [0.3, 0.4) is 0 Å². The molecule has 21 heteroatoms. The van der Waals surface area contributed by atoms with Crippen molar-refractivity contribution in [2.24, 2.45) is 0 Å². The molecule has 0 fully saturated rings. The van der Waals surface area contributed by atoms with Crippen LogP contribution in [0.15, 0.2) is 133 Å². The Morgan fingerprint density at radius 1 is 0.571 bits per heavy atom. The lowest BCUT2D eigenvalue weighted by Gasteiger charge is -2.28. The Hall–Kier alpha value is -8.24. The van der Waals surface area contributed by atoms with Crippen molar-refractivity contribution in [3.05, 3.63) is 192 Å². The number of rotatable bonds is 13. The van der Waals surface area contributed by atoms with Crippen LogP contribution >= 0.6 is 45.3 Å². The van der Waals surface area contributed by atoms with Crippen LogP contribution < -0.4 is 28.4 Å². The molecule has 12 rings (SSSR count). The molecule has 3 unspecified atom stereocenters. The van der Waals surface area contributed by atoms with Crippen molar-refractivity contribution in [3.8, 4) is 50.1 Å². The molecular weight excluding hydrogens is 1070 g/mol. The van der Waals surface area contributed by atoms with Gasteiger partial charge in [-0.3, -0.25) is 4.98 Å². The molecule has 3 N–H and O–H groups in total. The van der Waals surface area contributed by atoms with E-state index >= 15 is 0 Å². The van der Waals surface area contributed by atoms with Crippen LogP contribution in [0.1, 0.15) is 112 Å². The highest BCUT2D eigenvalue weighted by molar-refractivity contribution is 7.16. The summed E-state index contributed by atoms with van der Waals surface area (Å²) in [6.07, 6.45) is 12.6. The molecule has 9 aromatic rings. The van der Waals surface area contributed by atoms with Crippen LogP contribution in [0, 0.1) is 5.82 Å². The highest BCUT2D eigenvalue weighted by atomic mass is 32.1. The zero-order valence-corrected chi connectivity index (χ0v) is 44.0. The van der Waals surface area contributed by atoms with Gasteiger partial charge in [0.15, 0.2) is 0 Å². The van der Waals surface area contributed by atoms with Gasteiger partial charge in [0.2, 0.25) is 0 Å². The second-order valence-electron chi connectivity index (χ2n) is 17.5. The lowest BCUT2D eigenvalue weighted by molar-refractivity contribution is 0.0691. The molecule has 8 heterocycles. The molecule has 4 aromatic carbocycles. The molecule has 5 aromatic heterocycles. The van der Waals surface area contributed by atoms with E-state index < -0.39 is 17.9 Å². The lowest BCUT2D eigenvalue weighted by atomic mass is 9.93. The number of aryl methyl sites for hydroxylation is 4. The lowest BCUT2D eigenvalue weighted by Crippen LogP contribution is -2.16. The van der Waals surface area contributed by atoms with Crippen LogP contribution in [0.4, 0.5) is 4.39 Å². The number of carboxylic acid groups (broad SMARTS) is 3. The Morgan fingerprint density at radius 3 is 1.45 bits per heavy atom. The summed E-state index contributed by atoms with van der Waals surface area (Å²) in [5, 5.41) is 31.9. The number of ether oxygens (including phenoxy) is 6. The molecule has 0 bridgehead atoms. The zero-order valence-electron chi connectivity index (χ0n) is 40.7. The average Bonchev–Trinajstić information content (AvgIpc) is 4.33. The topological polar surface area (TPSA) is 219 Å².